The third-order valence-electron chi connectivity index (χ3n) is 6.14. The first-order valence-corrected chi connectivity index (χ1v) is 13.7. The van der Waals surface area contributed by atoms with Gasteiger partial charge in [0.15, 0.2) is 11.6 Å². The van der Waals surface area contributed by atoms with E-state index < -0.39 is 0 Å². The van der Waals surface area contributed by atoms with Crippen LogP contribution in [0.3, 0.4) is 0 Å². The fourth-order valence-electron chi connectivity index (χ4n) is 4.18. The minimum absolute atomic E-state index is 0.239. The number of carbonyl (C=O) groups is 2. The molecule has 0 atom stereocenters. The van der Waals surface area contributed by atoms with Gasteiger partial charge in [-0.2, -0.15) is 0 Å². The summed E-state index contributed by atoms with van der Waals surface area (Å²) < 4.78 is 12.2. The van der Waals surface area contributed by atoms with E-state index in [2.05, 4.69) is 31.9 Å². The number of benzene rings is 4. The number of halogens is 2. The Morgan fingerprint density at radius 3 is 1.22 bits per heavy atom. The fourth-order valence-corrected chi connectivity index (χ4v) is 4.92. The smallest absolute Gasteiger partial charge is 0.198 e. The molecule has 36 heavy (non-hydrogen) atoms. The molecule has 1 aliphatic rings. The van der Waals surface area contributed by atoms with Gasteiger partial charge in [0.25, 0.3) is 0 Å². The summed E-state index contributed by atoms with van der Waals surface area (Å²) in [6.07, 6.45) is 0. The summed E-state index contributed by atoms with van der Waals surface area (Å²) in [5.41, 5.74) is 5.53. The Morgan fingerprint density at radius 1 is 0.500 bits per heavy atom. The van der Waals surface area contributed by atoms with Crippen LogP contribution in [0.5, 0.6) is 11.5 Å². The van der Waals surface area contributed by atoms with Gasteiger partial charge in [-0.3, -0.25) is 9.59 Å². The molecule has 0 amide bonds. The summed E-state index contributed by atoms with van der Waals surface area (Å²) in [6.45, 7) is 0.552. The molecule has 0 heterocycles. The van der Waals surface area contributed by atoms with Crippen molar-refractivity contribution >= 4 is 43.4 Å². The van der Waals surface area contributed by atoms with E-state index in [1.54, 1.807) is 36.4 Å². The maximum Gasteiger partial charge on any atom is 0.198 e. The number of alkyl halides is 2. The molecule has 0 unspecified atom stereocenters. The van der Waals surface area contributed by atoms with Crippen molar-refractivity contribution in [3.8, 4) is 11.5 Å². The molecule has 0 aliphatic heterocycles. The molecule has 180 valence electrons. The third kappa shape index (κ3) is 4.88. The van der Waals surface area contributed by atoms with Gasteiger partial charge in [-0.25, -0.2) is 0 Å². The first-order valence-electron chi connectivity index (χ1n) is 11.5. The van der Waals surface area contributed by atoms with Crippen molar-refractivity contribution < 1.29 is 19.1 Å². The van der Waals surface area contributed by atoms with Gasteiger partial charge in [0, 0.05) is 21.8 Å². The minimum atomic E-state index is -0.239. The van der Waals surface area contributed by atoms with Crippen molar-refractivity contribution in [1.29, 1.82) is 0 Å². The predicted octanol–water partition coefficient (Wildman–Crippen LogP) is 7.41. The van der Waals surface area contributed by atoms with Crippen LogP contribution in [0.25, 0.3) is 0 Å². The summed E-state index contributed by atoms with van der Waals surface area (Å²) in [5, 5.41) is 1.56. The van der Waals surface area contributed by atoms with Gasteiger partial charge in [-0.15, -0.1) is 0 Å². The van der Waals surface area contributed by atoms with Crippen LogP contribution in [0.1, 0.15) is 54.1 Å². The quantitative estimate of drug-likeness (QED) is 0.173. The second-order valence-corrected chi connectivity index (χ2v) is 9.61. The van der Waals surface area contributed by atoms with Crippen LogP contribution in [0.2, 0.25) is 0 Å². The van der Waals surface area contributed by atoms with E-state index >= 15 is 0 Å². The highest BCUT2D eigenvalue weighted by molar-refractivity contribution is 9.08. The van der Waals surface area contributed by atoms with Crippen LogP contribution in [0.4, 0.5) is 0 Å². The van der Waals surface area contributed by atoms with Crippen LogP contribution in [-0.4, -0.2) is 11.6 Å². The molecule has 0 saturated carbocycles. The molecule has 0 bridgehead atoms. The van der Waals surface area contributed by atoms with Gasteiger partial charge < -0.3 is 9.47 Å². The fraction of sp³-hybridized carbons (Fsp3) is 0.133. The Kier molecular flexibility index (Phi) is 7.35. The number of hydrogen-bond donors (Lipinski definition) is 0. The summed E-state index contributed by atoms with van der Waals surface area (Å²) in [5.74, 6) is 0.266. The lowest BCUT2D eigenvalue weighted by atomic mass is 9.83. The first kappa shape index (κ1) is 24.5. The Bertz CT molecular complexity index is 1320. The molecule has 0 fully saturated rings. The number of fused-ring (bicyclic) bond motifs is 2. The van der Waals surface area contributed by atoms with E-state index in [-0.39, 0.29) is 35.9 Å². The molecule has 1 aliphatic carbocycles. The van der Waals surface area contributed by atoms with E-state index in [0.29, 0.717) is 22.6 Å². The third-order valence-corrected chi connectivity index (χ3v) is 7.44. The largest absolute Gasteiger partial charge is 0.488 e. The number of carbonyl (C=O) groups excluding carboxylic acids is 2. The van der Waals surface area contributed by atoms with Crippen molar-refractivity contribution in [2.75, 3.05) is 0 Å². The van der Waals surface area contributed by atoms with Crippen molar-refractivity contribution in [3.05, 3.63) is 129 Å². The van der Waals surface area contributed by atoms with E-state index in [0.717, 1.165) is 32.9 Å². The first-order chi connectivity index (χ1) is 17.6. The van der Waals surface area contributed by atoms with E-state index in [4.69, 9.17) is 9.47 Å². The average Bonchev–Trinajstić information content (AvgIpc) is 2.94. The zero-order valence-corrected chi connectivity index (χ0v) is 22.5. The molecule has 6 heteroatoms. The molecule has 0 aromatic heterocycles. The maximum absolute atomic E-state index is 13.6. The van der Waals surface area contributed by atoms with Crippen molar-refractivity contribution in [2.24, 2.45) is 0 Å². The highest BCUT2D eigenvalue weighted by atomic mass is 79.9. The molecular formula is C30H22Br2O4. The monoisotopic (exact) mass is 604 g/mol. The maximum atomic E-state index is 13.6. The van der Waals surface area contributed by atoms with Crippen LogP contribution < -0.4 is 9.47 Å². The van der Waals surface area contributed by atoms with Gasteiger partial charge in [-0.05, 0) is 34.4 Å². The second-order valence-electron chi connectivity index (χ2n) is 8.49. The summed E-state index contributed by atoms with van der Waals surface area (Å²) in [4.78, 5) is 27.1. The lowest BCUT2D eigenvalue weighted by Crippen LogP contribution is -2.23. The van der Waals surface area contributed by atoms with E-state index in [1.807, 2.05) is 48.5 Å². The molecule has 0 radical (unpaired) electrons. The SMILES string of the molecule is O=C1c2ccccc2C(=O)c2c(OCc3ccc(CBr)cc3)ccc(OCc3ccc(CBr)cc3)c21. The number of rotatable bonds is 8. The van der Waals surface area contributed by atoms with Crippen molar-refractivity contribution in [3.63, 3.8) is 0 Å². The molecule has 4 aromatic rings. The van der Waals surface area contributed by atoms with Gasteiger partial charge in [0.2, 0.25) is 0 Å². The van der Waals surface area contributed by atoms with E-state index in [9.17, 15) is 9.59 Å². The van der Waals surface area contributed by atoms with Gasteiger partial charge in [0.1, 0.15) is 24.7 Å². The molecule has 0 N–H and O–H groups in total. The van der Waals surface area contributed by atoms with Crippen LogP contribution in [0, 0.1) is 0 Å². The molecule has 4 aromatic carbocycles. The molecular weight excluding hydrogens is 584 g/mol. The number of hydrogen-bond acceptors (Lipinski definition) is 4. The Balaban J connectivity index is 1.48. The molecule has 0 spiro atoms. The van der Waals surface area contributed by atoms with Crippen molar-refractivity contribution in [1.82, 2.24) is 0 Å². The van der Waals surface area contributed by atoms with E-state index in [1.165, 1.54) is 0 Å². The molecule has 4 nitrogen and oxygen atoms in total. The lowest BCUT2D eigenvalue weighted by molar-refractivity contribution is 0.0971. The zero-order chi connectivity index (χ0) is 25.1. The Hall–Kier alpha value is -3.22. The molecule has 5 rings (SSSR count). The molecule has 0 saturated heterocycles. The summed E-state index contributed by atoms with van der Waals surface area (Å²) in [6, 6.07) is 26.4. The standard InChI is InChI=1S/C30H22Br2O4/c31-15-19-5-9-21(10-6-19)17-35-25-13-14-26(36-18-22-11-7-20(16-32)8-12-22)28-27(25)29(33)23-3-1-2-4-24(23)30(28)34/h1-14H,15-18H2. The van der Waals surface area contributed by atoms with Crippen LogP contribution >= 0.6 is 31.9 Å². The second kappa shape index (κ2) is 10.8. The topological polar surface area (TPSA) is 52.6 Å². The zero-order valence-electron chi connectivity index (χ0n) is 19.3. The number of ether oxygens (including phenoxy) is 2. The summed E-state index contributed by atoms with van der Waals surface area (Å²) >= 11 is 6.90. The Labute approximate surface area is 226 Å². The highest BCUT2D eigenvalue weighted by Crippen LogP contribution is 2.39. The predicted molar refractivity (Wildman–Crippen MR) is 147 cm³/mol. The number of ketones is 2. The average molecular weight is 606 g/mol. The van der Waals surface area contributed by atoms with Crippen molar-refractivity contribution in [2.45, 2.75) is 23.9 Å². The minimum Gasteiger partial charge on any atom is -0.488 e. The lowest BCUT2D eigenvalue weighted by Gasteiger charge is -2.23. The van der Waals surface area contributed by atoms with Gasteiger partial charge in [0.05, 0.1) is 11.1 Å². The summed E-state index contributed by atoms with van der Waals surface area (Å²) in [7, 11) is 0. The Morgan fingerprint density at radius 2 is 0.861 bits per heavy atom. The highest BCUT2D eigenvalue weighted by Gasteiger charge is 2.35. The van der Waals surface area contributed by atoms with Gasteiger partial charge >= 0.3 is 0 Å². The van der Waals surface area contributed by atoms with Crippen LogP contribution in [0.15, 0.2) is 84.9 Å². The van der Waals surface area contributed by atoms with Gasteiger partial charge in [-0.1, -0.05) is 105 Å². The normalized spacial score (nSPS) is 12.2. The van der Waals surface area contributed by atoms with Crippen LogP contribution in [-0.2, 0) is 23.9 Å².